The summed E-state index contributed by atoms with van der Waals surface area (Å²) in [6.07, 6.45) is 5.09. The zero-order valence-electron chi connectivity index (χ0n) is 15.5. The molecule has 0 aliphatic carbocycles. The van der Waals surface area contributed by atoms with Crippen molar-refractivity contribution in [2.24, 2.45) is 5.92 Å². The van der Waals surface area contributed by atoms with E-state index < -0.39 is 0 Å². The summed E-state index contributed by atoms with van der Waals surface area (Å²) in [6, 6.07) is 8.36. The van der Waals surface area contributed by atoms with Crippen molar-refractivity contribution in [3.63, 3.8) is 0 Å². The second-order valence-electron chi connectivity index (χ2n) is 7.82. The van der Waals surface area contributed by atoms with Gasteiger partial charge in [-0.3, -0.25) is 4.98 Å². The summed E-state index contributed by atoms with van der Waals surface area (Å²) in [4.78, 5) is 9.58. The molecule has 2 aliphatic rings. The van der Waals surface area contributed by atoms with Crippen LogP contribution in [0.2, 0.25) is 0 Å². The molecule has 6 heteroatoms. The van der Waals surface area contributed by atoms with Gasteiger partial charge in [0.05, 0.1) is 35.0 Å². The molecule has 138 valence electrons. The number of rotatable bonds is 3. The Morgan fingerprint density at radius 2 is 2.22 bits per heavy atom. The third-order valence-corrected chi connectivity index (χ3v) is 5.88. The van der Waals surface area contributed by atoms with Crippen molar-refractivity contribution in [1.82, 2.24) is 19.9 Å². The largest absolute Gasteiger partial charge is 0.378 e. The van der Waals surface area contributed by atoms with Crippen LogP contribution in [0.5, 0.6) is 0 Å². The van der Waals surface area contributed by atoms with Gasteiger partial charge in [0.25, 0.3) is 0 Å². The maximum Gasteiger partial charge on any atom is 0.110 e. The highest BCUT2D eigenvalue weighted by molar-refractivity contribution is 6.02. The molecule has 0 spiro atoms. The molecule has 4 heterocycles. The van der Waals surface area contributed by atoms with Gasteiger partial charge in [-0.05, 0) is 57.0 Å². The van der Waals surface area contributed by atoms with E-state index in [0.29, 0.717) is 17.5 Å². The number of pyridine rings is 1. The van der Waals surface area contributed by atoms with Gasteiger partial charge in [0.2, 0.25) is 0 Å². The zero-order valence-corrected chi connectivity index (χ0v) is 15.5. The molecule has 0 saturated carbocycles. The molecule has 2 saturated heterocycles. The molecular formula is C21H23N5O. The van der Waals surface area contributed by atoms with Crippen LogP contribution < -0.4 is 5.32 Å². The van der Waals surface area contributed by atoms with E-state index in [0.717, 1.165) is 66.7 Å². The predicted molar refractivity (Wildman–Crippen MR) is 103 cm³/mol. The van der Waals surface area contributed by atoms with Crippen molar-refractivity contribution in [2.45, 2.75) is 38.3 Å². The van der Waals surface area contributed by atoms with Crippen LogP contribution in [0.3, 0.4) is 0 Å². The Labute approximate surface area is 158 Å². The van der Waals surface area contributed by atoms with Crippen molar-refractivity contribution < 1.29 is 4.74 Å². The second-order valence-corrected chi connectivity index (χ2v) is 7.82. The third kappa shape index (κ3) is 2.88. The maximum atomic E-state index is 9.37. The summed E-state index contributed by atoms with van der Waals surface area (Å²) in [5.74, 6) is 1.79. The average molecular weight is 361 g/mol. The lowest BCUT2D eigenvalue weighted by molar-refractivity contribution is 0.00611. The molecule has 1 aromatic carbocycles. The molecule has 1 N–H and O–H groups in total. The number of aromatic nitrogens is 3. The Bertz CT molecular complexity index is 1050. The van der Waals surface area contributed by atoms with Gasteiger partial charge < -0.3 is 14.6 Å². The third-order valence-electron chi connectivity index (χ3n) is 5.88. The van der Waals surface area contributed by atoms with Gasteiger partial charge in [0, 0.05) is 24.5 Å². The van der Waals surface area contributed by atoms with E-state index >= 15 is 0 Å². The topological polar surface area (TPSA) is 75.8 Å². The van der Waals surface area contributed by atoms with Crippen LogP contribution in [-0.4, -0.2) is 40.3 Å². The normalized spacial score (nSPS) is 23.4. The van der Waals surface area contributed by atoms with Gasteiger partial charge in [-0.25, -0.2) is 4.98 Å². The molecule has 2 aromatic heterocycles. The second kappa shape index (κ2) is 6.59. The fourth-order valence-electron chi connectivity index (χ4n) is 4.39. The quantitative estimate of drug-likeness (QED) is 0.776. The number of fused-ring (bicyclic) bond motifs is 3. The van der Waals surface area contributed by atoms with Crippen LogP contribution in [0.25, 0.3) is 21.9 Å². The first-order chi connectivity index (χ1) is 13.2. The zero-order chi connectivity index (χ0) is 18.4. The molecule has 2 atom stereocenters. The molecule has 27 heavy (non-hydrogen) atoms. The Balaban J connectivity index is 1.74. The smallest absolute Gasteiger partial charge is 0.110 e. The van der Waals surface area contributed by atoms with E-state index in [2.05, 4.69) is 27.9 Å². The highest BCUT2D eigenvalue weighted by atomic mass is 16.5. The first kappa shape index (κ1) is 16.7. The molecule has 5 rings (SSSR count). The molecule has 0 amide bonds. The summed E-state index contributed by atoms with van der Waals surface area (Å²) >= 11 is 0. The number of imidazole rings is 1. The fourth-order valence-corrected chi connectivity index (χ4v) is 4.39. The van der Waals surface area contributed by atoms with Crippen LogP contribution in [0.15, 0.2) is 24.4 Å². The van der Waals surface area contributed by atoms with Crippen molar-refractivity contribution in [1.29, 1.82) is 5.26 Å². The van der Waals surface area contributed by atoms with Crippen molar-refractivity contribution in [2.75, 3.05) is 19.7 Å². The number of nitriles is 1. The van der Waals surface area contributed by atoms with Gasteiger partial charge >= 0.3 is 0 Å². The minimum atomic E-state index is 0.252. The van der Waals surface area contributed by atoms with Gasteiger partial charge in [0.1, 0.15) is 11.3 Å². The lowest BCUT2D eigenvalue weighted by Gasteiger charge is -2.32. The van der Waals surface area contributed by atoms with Crippen LogP contribution in [0, 0.1) is 17.2 Å². The summed E-state index contributed by atoms with van der Waals surface area (Å²) in [5.41, 5.74) is 3.63. The van der Waals surface area contributed by atoms with E-state index in [9.17, 15) is 5.26 Å². The molecule has 2 aliphatic heterocycles. The van der Waals surface area contributed by atoms with Gasteiger partial charge in [-0.15, -0.1) is 0 Å². The molecule has 2 unspecified atom stereocenters. The number of hydrogen-bond acceptors (Lipinski definition) is 5. The van der Waals surface area contributed by atoms with Crippen LogP contribution in [0.4, 0.5) is 0 Å². The highest BCUT2D eigenvalue weighted by Gasteiger charge is 2.28. The van der Waals surface area contributed by atoms with Crippen molar-refractivity contribution in [3.8, 4) is 6.07 Å². The minimum absolute atomic E-state index is 0.252. The molecule has 2 fully saturated rings. The maximum absolute atomic E-state index is 9.37. The molecule has 3 aromatic rings. The van der Waals surface area contributed by atoms with E-state index in [1.807, 2.05) is 24.4 Å². The summed E-state index contributed by atoms with van der Waals surface area (Å²) in [6.45, 7) is 5.05. The molecular weight excluding hydrogens is 338 g/mol. The number of nitrogens with one attached hydrogen (secondary N) is 1. The number of hydrogen-bond donors (Lipinski definition) is 1. The standard InChI is InChI=1S/C21H23N5O/c1-13-6-16(4-5-27-13)26-20(8-15-10-23-11-15)25-19-12-24-18-3-2-14(9-22)7-17(18)21(19)26/h2-3,7,12-13,15-16,23H,4-6,8,10-11H2,1H3. The van der Waals surface area contributed by atoms with Gasteiger partial charge in [-0.2, -0.15) is 5.26 Å². The van der Waals surface area contributed by atoms with Crippen molar-refractivity contribution >= 4 is 21.9 Å². The first-order valence-electron chi connectivity index (χ1n) is 9.75. The van der Waals surface area contributed by atoms with Crippen LogP contribution in [-0.2, 0) is 11.2 Å². The Kier molecular flexibility index (Phi) is 4.07. The lowest BCUT2D eigenvalue weighted by atomic mass is 9.98. The molecule has 0 bridgehead atoms. The SMILES string of the molecule is CC1CC(n2c(CC3CNC3)nc3cnc4ccc(C#N)cc4c32)CCO1. The van der Waals surface area contributed by atoms with E-state index in [1.165, 1.54) is 0 Å². The lowest BCUT2D eigenvalue weighted by Crippen LogP contribution is -2.43. The Morgan fingerprint density at radius 1 is 1.33 bits per heavy atom. The summed E-state index contributed by atoms with van der Waals surface area (Å²) in [5, 5.41) is 13.8. The fraction of sp³-hybridized carbons (Fsp3) is 0.476. The van der Waals surface area contributed by atoms with Crippen molar-refractivity contribution in [3.05, 3.63) is 35.8 Å². The number of ether oxygens (including phenoxy) is 1. The number of nitrogens with zero attached hydrogens (tertiary/aromatic N) is 4. The molecule has 0 radical (unpaired) electrons. The Hall–Kier alpha value is -2.49. The van der Waals surface area contributed by atoms with Gasteiger partial charge in [-0.1, -0.05) is 0 Å². The van der Waals surface area contributed by atoms with E-state index in [4.69, 9.17) is 9.72 Å². The summed E-state index contributed by atoms with van der Waals surface area (Å²) in [7, 11) is 0. The summed E-state index contributed by atoms with van der Waals surface area (Å²) < 4.78 is 8.24. The number of benzene rings is 1. The van der Waals surface area contributed by atoms with Crippen LogP contribution in [0.1, 0.15) is 37.2 Å². The predicted octanol–water partition coefficient (Wildman–Crippen LogP) is 2.96. The monoisotopic (exact) mass is 361 g/mol. The Morgan fingerprint density at radius 3 is 2.96 bits per heavy atom. The minimum Gasteiger partial charge on any atom is -0.378 e. The molecule has 6 nitrogen and oxygen atoms in total. The van der Waals surface area contributed by atoms with E-state index in [1.54, 1.807) is 0 Å². The van der Waals surface area contributed by atoms with E-state index in [-0.39, 0.29) is 6.10 Å². The van der Waals surface area contributed by atoms with Gasteiger partial charge in [0.15, 0.2) is 0 Å². The highest BCUT2D eigenvalue weighted by Crippen LogP contribution is 2.34. The first-order valence-corrected chi connectivity index (χ1v) is 9.75. The average Bonchev–Trinajstić information content (AvgIpc) is 3.03. The van der Waals surface area contributed by atoms with Crippen LogP contribution >= 0.6 is 0 Å².